The van der Waals surface area contributed by atoms with Crippen LogP contribution in [0.5, 0.6) is 5.75 Å². The first kappa shape index (κ1) is 37.1. The van der Waals surface area contributed by atoms with Gasteiger partial charge in [0.15, 0.2) is 0 Å². The second kappa shape index (κ2) is 16.9. The van der Waals surface area contributed by atoms with Gasteiger partial charge in [0.1, 0.15) is 24.9 Å². The second-order valence-corrected chi connectivity index (χ2v) is 11.0. The number of nitrogens with one attached hydrogen (secondary N) is 2. The van der Waals surface area contributed by atoms with Gasteiger partial charge in [0, 0.05) is 13.1 Å². The third-order valence-corrected chi connectivity index (χ3v) is 6.08. The van der Waals surface area contributed by atoms with Gasteiger partial charge in [-0.15, -0.1) is 0 Å². The molecule has 0 spiro atoms. The van der Waals surface area contributed by atoms with E-state index in [1.165, 1.54) is 0 Å². The largest absolute Gasteiger partial charge is 0.445 e. The maximum absolute atomic E-state index is 14.4. The van der Waals surface area contributed by atoms with Crippen molar-refractivity contribution in [1.82, 2.24) is 15.5 Å². The molecule has 16 heteroatoms. The number of rotatable bonds is 12. The van der Waals surface area contributed by atoms with Crippen LogP contribution in [0.3, 0.4) is 0 Å². The highest BCUT2D eigenvalue weighted by Gasteiger charge is 2.34. The SMILES string of the molecule is CC(C)(C)OC(=O)NCCN(C[C@H](NC(=O)OCc1ccccc1)C(=O)Oc1c(F)c(F)c(F)c(F)c1F)C(=O)OCc1ccccc1. The van der Waals surface area contributed by atoms with Crippen LogP contribution in [0.2, 0.25) is 0 Å². The van der Waals surface area contributed by atoms with Crippen molar-refractivity contribution in [2.75, 3.05) is 19.6 Å². The van der Waals surface area contributed by atoms with Crippen molar-refractivity contribution >= 4 is 24.2 Å². The first-order chi connectivity index (χ1) is 22.7. The van der Waals surface area contributed by atoms with E-state index in [4.69, 9.17) is 14.2 Å². The molecule has 0 radical (unpaired) electrons. The van der Waals surface area contributed by atoms with Crippen LogP contribution in [0.1, 0.15) is 31.9 Å². The Morgan fingerprint density at radius 1 is 0.729 bits per heavy atom. The Hall–Kier alpha value is -5.41. The van der Waals surface area contributed by atoms with E-state index in [2.05, 4.69) is 15.4 Å². The van der Waals surface area contributed by atoms with Crippen molar-refractivity contribution in [2.24, 2.45) is 0 Å². The van der Waals surface area contributed by atoms with E-state index in [1.54, 1.807) is 81.4 Å². The maximum atomic E-state index is 14.4. The van der Waals surface area contributed by atoms with Gasteiger partial charge in [-0.1, -0.05) is 60.7 Å². The van der Waals surface area contributed by atoms with Gasteiger partial charge in [0.2, 0.25) is 34.8 Å². The molecule has 3 aromatic carbocycles. The first-order valence-corrected chi connectivity index (χ1v) is 14.3. The highest BCUT2D eigenvalue weighted by atomic mass is 19.2. The third-order valence-electron chi connectivity index (χ3n) is 6.08. The molecule has 0 aliphatic rings. The summed E-state index contributed by atoms with van der Waals surface area (Å²) in [5, 5.41) is 4.47. The Morgan fingerprint density at radius 3 is 1.75 bits per heavy atom. The topological polar surface area (TPSA) is 132 Å². The highest BCUT2D eigenvalue weighted by Crippen LogP contribution is 2.29. The minimum atomic E-state index is -2.49. The average Bonchev–Trinajstić information content (AvgIpc) is 3.05. The van der Waals surface area contributed by atoms with Crippen LogP contribution in [0.4, 0.5) is 36.3 Å². The Bertz CT molecular complexity index is 1560. The molecule has 3 aromatic rings. The summed E-state index contributed by atoms with van der Waals surface area (Å²) in [6, 6.07) is 14.6. The van der Waals surface area contributed by atoms with E-state index >= 15 is 0 Å². The third kappa shape index (κ3) is 11.1. The van der Waals surface area contributed by atoms with Crippen LogP contribution in [0.15, 0.2) is 60.7 Å². The van der Waals surface area contributed by atoms with Crippen LogP contribution in [-0.4, -0.2) is 60.4 Å². The average molecular weight is 682 g/mol. The van der Waals surface area contributed by atoms with Crippen LogP contribution in [0.25, 0.3) is 0 Å². The molecule has 0 heterocycles. The van der Waals surface area contributed by atoms with Gasteiger partial charge in [-0.25, -0.2) is 32.3 Å². The number of esters is 1. The fourth-order valence-electron chi connectivity index (χ4n) is 3.83. The van der Waals surface area contributed by atoms with Crippen LogP contribution in [-0.2, 0) is 32.2 Å². The number of benzene rings is 3. The smallest absolute Gasteiger partial charge is 0.410 e. The lowest BCUT2D eigenvalue weighted by molar-refractivity contribution is -0.137. The normalized spacial score (nSPS) is 11.6. The van der Waals surface area contributed by atoms with Crippen molar-refractivity contribution in [3.05, 3.63) is 101 Å². The minimum absolute atomic E-state index is 0.248. The van der Waals surface area contributed by atoms with Crippen LogP contribution >= 0.6 is 0 Å². The molecular formula is C32H32F5N3O8. The van der Waals surface area contributed by atoms with E-state index in [0.717, 1.165) is 4.90 Å². The van der Waals surface area contributed by atoms with Crippen molar-refractivity contribution < 1.29 is 60.1 Å². The Morgan fingerprint density at radius 2 is 1.23 bits per heavy atom. The molecule has 0 aliphatic carbocycles. The lowest BCUT2D eigenvalue weighted by Crippen LogP contribution is -2.53. The van der Waals surface area contributed by atoms with Gasteiger partial charge in [0.25, 0.3) is 0 Å². The molecule has 3 rings (SSSR count). The summed E-state index contributed by atoms with van der Waals surface area (Å²) in [6.07, 6.45) is -3.22. The van der Waals surface area contributed by atoms with Gasteiger partial charge in [-0.2, -0.15) is 8.78 Å². The van der Waals surface area contributed by atoms with Gasteiger partial charge < -0.3 is 34.5 Å². The highest BCUT2D eigenvalue weighted by molar-refractivity contribution is 5.84. The number of amides is 3. The quantitative estimate of drug-likeness (QED) is 0.0618. The maximum Gasteiger partial charge on any atom is 0.410 e. The molecule has 0 saturated heterocycles. The van der Waals surface area contributed by atoms with E-state index in [-0.39, 0.29) is 26.3 Å². The van der Waals surface area contributed by atoms with Crippen molar-refractivity contribution in [2.45, 2.75) is 45.6 Å². The summed E-state index contributed by atoms with van der Waals surface area (Å²) in [5.74, 6) is -15.8. The molecule has 11 nitrogen and oxygen atoms in total. The van der Waals surface area contributed by atoms with E-state index < -0.39 is 77.3 Å². The molecule has 0 unspecified atom stereocenters. The zero-order valence-corrected chi connectivity index (χ0v) is 26.0. The van der Waals surface area contributed by atoms with Crippen molar-refractivity contribution in [3.8, 4) is 5.75 Å². The predicted molar refractivity (Wildman–Crippen MR) is 158 cm³/mol. The fraction of sp³-hybridized carbons (Fsp3) is 0.312. The molecule has 0 saturated carbocycles. The molecule has 2 N–H and O–H groups in total. The lowest BCUT2D eigenvalue weighted by Gasteiger charge is -2.27. The predicted octanol–water partition coefficient (Wildman–Crippen LogP) is 5.75. The molecule has 1 atom stereocenters. The number of carbonyl (C=O) groups excluding carboxylic acids is 4. The zero-order chi connectivity index (χ0) is 35.4. The molecule has 0 aromatic heterocycles. The van der Waals surface area contributed by atoms with Crippen LogP contribution < -0.4 is 15.4 Å². The Kier molecular flexibility index (Phi) is 13.1. The van der Waals surface area contributed by atoms with Crippen molar-refractivity contribution in [3.63, 3.8) is 0 Å². The van der Waals surface area contributed by atoms with Gasteiger partial charge in [0.05, 0.1) is 6.54 Å². The lowest BCUT2D eigenvalue weighted by atomic mass is 10.2. The molecule has 0 bridgehead atoms. The summed E-state index contributed by atoms with van der Waals surface area (Å²) < 4.78 is 90.0. The van der Waals surface area contributed by atoms with Gasteiger partial charge >= 0.3 is 24.2 Å². The number of ether oxygens (including phenoxy) is 4. The van der Waals surface area contributed by atoms with Gasteiger partial charge in [-0.05, 0) is 31.9 Å². The molecule has 48 heavy (non-hydrogen) atoms. The fourth-order valence-corrected chi connectivity index (χ4v) is 3.83. The Labute approximate surface area is 271 Å². The standard InChI is InChI=1S/C32H32F5N3O8/c1-32(2,3)48-29(42)38-14-15-40(31(44)46-18-20-12-8-5-9-13-20)16-21(39-30(43)45-17-19-10-6-4-7-11-19)28(41)47-27-25(36)23(34)22(33)24(35)26(27)37/h4-13,21H,14-18H2,1-3H3,(H,38,42)(H,39,43)/t21-/m0/s1. The molecule has 3 amide bonds. The number of hydrogen-bond acceptors (Lipinski definition) is 8. The van der Waals surface area contributed by atoms with E-state index in [1.807, 2.05) is 0 Å². The first-order valence-electron chi connectivity index (χ1n) is 14.3. The number of alkyl carbamates (subject to hydrolysis) is 2. The number of hydrogen-bond donors (Lipinski definition) is 2. The van der Waals surface area contributed by atoms with E-state index in [9.17, 15) is 41.1 Å². The zero-order valence-electron chi connectivity index (χ0n) is 26.0. The number of carbonyl (C=O) groups is 4. The number of halogens is 5. The monoisotopic (exact) mass is 681 g/mol. The minimum Gasteiger partial charge on any atom is -0.445 e. The summed E-state index contributed by atoms with van der Waals surface area (Å²) >= 11 is 0. The van der Waals surface area contributed by atoms with E-state index in [0.29, 0.717) is 11.1 Å². The summed E-state index contributed by atoms with van der Waals surface area (Å²) in [7, 11) is 0. The Balaban J connectivity index is 1.86. The molecule has 258 valence electrons. The molecule has 0 aliphatic heterocycles. The van der Waals surface area contributed by atoms with Gasteiger partial charge in [-0.3, -0.25) is 0 Å². The van der Waals surface area contributed by atoms with Crippen LogP contribution in [0, 0.1) is 29.1 Å². The summed E-state index contributed by atoms with van der Waals surface area (Å²) in [6.45, 7) is 2.78. The second-order valence-electron chi connectivity index (χ2n) is 11.0. The molecule has 0 fully saturated rings. The number of nitrogens with zero attached hydrogens (tertiary/aromatic N) is 1. The van der Waals surface area contributed by atoms with Crippen molar-refractivity contribution in [1.29, 1.82) is 0 Å². The molecular weight excluding hydrogens is 649 g/mol. The summed E-state index contributed by atoms with van der Waals surface area (Å²) in [5.41, 5.74) is 0.247. The summed E-state index contributed by atoms with van der Waals surface area (Å²) in [4.78, 5) is 52.0.